The summed E-state index contributed by atoms with van der Waals surface area (Å²) in [5, 5.41) is 17.2. The number of thiophene rings is 1. The lowest BCUT2D eigenvalue weighted by Gasteiger charge is -2.29. The molecular weight excluding hydrogens is 284 g/mol. The fourth-order valence-electron chi connectivity index (χ4n) is 2.34. The number of hydrogen-bond acceptors (Lipinski definition) is 6. The lowest BCUT2D eigenvalue weighted by molar-refractivity contribution is 0.127. The molecule has 0 unspecified atom stereocenters. The molecule has 0 aromatic carbocycles. The summed E-state index contributed by atoms with van der Waals surface area (Å²) >= 11 is 1.67. The van der Waals surface area contributed by atoms with E-state index in [-0.39, 0.29) is 12.0 Å². The molecule has 0 aliphatic rings. The molecular formula is C15H24N4OS. The van der Waals surface area contributed by atoms with Gasteiger partial charge in [0.15, 0.2) is 0 Å². The van der Waals surface area contributed by atoms with Crippen LogP contribution in [0.4, 0.5) is 11.8 Å². The van der Waals surface area contributed by atoms with Crippen LogP contribution in [0.2, 0.25) is 0 Å². The normalized spacial score (nSPS) is 11.9. The Hall–Kier alpha value is -1.40. The second-order valence-corrected chi connectivity index (χ2v) is 6.68. The molecule has 6 heteroatoms. The number of hydrogen-bond donors (Lipinski definition) is 3. The van der Waals surface area contributed by atoms with E-state index in [1.54, 1.807) is 11.3 Å². The summed E-state index contributed by atoms with van der Waals surface area (Å²) in [6, 6.07) is 2.11. The van der Waals surface area contributed by atoms with Crippen molar-refractivity contribution in [1.82, 2.24) is 9.97 Å². The molecule has 0 saturated carbocycles. The first kappa shape index (κ1) is 16.0. The predicted octanol–water partition coefficient (Wildman–Crippen LogP) is 3.25. The Labute approximate surface area is 129 Å². The Bertz CT molecular complexity index is 599. The highest BCUT2D eigenvalue weighted by Gasteiger charge is 2.25. The van der Waals surface area contributed by atoms with Crippen molar-refractivity contribution in [3.63, 3.8) is 0 Å². The summed E-state index contributed by atoms with van der Waals surface area (Å²) in [6.07, 6.45) is 1.87. The SMILES string of the molecule is CCC(CC)(CO)CNc1nc(NC)nc2sc(C)cc12. The smallest absolute Gasteiger partial charge is 0.225 e. The van der Waals surface area contributed by atoms with Crippen LogP contribution in [0, 0.1) is 12.3 Å². The Kier molecular flexibility index (Phi) is 5.00. The second-order valence-electron chi connectivity index (χ2n) is 5.44. The number of fused-ring (bicyclic) bond motifs is 1. The van der Waals surface area contributed by atoms with Gasteiger partial charge in [-0.1, -0.05) is 13.8 Å². The van der Waals surface area contributed by atoms with Gasteiger partial charge in [-0.15, -0.1) is 11.3 Å². The highest BCUT2D eigenvalue weighted by molar-refractivity contribution is 7.18. The summed E-state index contributed by atoms with van der Waals surface area (Å²) in [5.74, 6) is 1.46. The zero-order valence-corrected chi connectivity index (χ0v) is 14.0. The van der Waals surface area contributed by atoms with E-state index in [4.69, 9.17) is 0 Å². The minimum absolute atomic E-state index is 0.0951. The molecule has 0 aliphatic heterocycles. The van der Waals surface area contributed by atoms with Gasteiger partial charge in [0, 0.05) is 23.9 Å². The molecule has 2 aromatic rings. The highest BCUT2D eigenvalue weighted by atomic mass is 32.1. The first-order valence-electron chi connectivity index (χ1n) is 7.38. The lowest BCUT2D eigenvalue weighted by atomic mass is 9.83. The van der Waals surface area contributed by atoms with Crippen LogP contribution in [0.5, 0.6) is 0 Å². The number of nitrogens with one attached hydrogen (secondary N) is 2. The van der Waals surface area contributed by atoms with Gasteiger partial charge in [-0.3, -0.25) is 0 Å². The Morgan fingerprint density at radius 2 is 2.00 bits per heavy atom. The van der Waals surface area contributed by atoms with Crippen LogP contribution in [0.25, 0.3) is 10.2 Å². The molecule has 116 valence electrons. The minimum Gasteiger partial charge on any atom is -0.396 e. The molecule has 2 heterocycles. The largest absolute Gasteiger partial charge is 0.396 e. The van der Waals surface area contributed by atoms with E-state index in [2.05, 4.69) is 47.4 Å². The number of aliphatic hydroxyl groups is 1. The van der Waals surface area contributed by atoms with Crippen LogP contribution in [-0.2, 0) is 0 Å². The maximum atomic E-state index is 9.69. The van der Waals surface area contributed by atoms with Crippen molar-refractivity contribution >= 4 is 33.3 Å². The zero-order chi connectivity index (χ0) is 15.5. The van der Waals surface area contributed by atoms with Crippen LogP contribution in [0.3, 0.4) is 0 Å². The Morgan fingerprint density at radius 3 is 2.57 bits per heavy atom. The average Bonchev–Trinajstić information content (AvgIpc) is 2.89. The molecule has 0 saturated heterocycles. The van der Waals surface area contributed by atoms with Gasteiger partial charge < -0.3 is 15.7 Å². The summed E-state index contributed by atoms with van der Waals surface area (Å²) in [4.78, 5) is 11.2. The Morgan fingerprint density at radius 1 is 1.29 bits per heavy atom. The maximum absolute atomic E-state index is 9.69. The van der Waals surface area contributed by atoms with Crippen molar-refractivity contribution in [3.05, 3.63) is 10.9 Å². The first-order valence-corrected chi connectivity index (χ1v) is 8.19. The average molecular weight is 308 g/mol. The maximum Gasteiger partial charge on any atom is 0.225 e. The summed E-state index contributed by atoms with van der Waals surface area (Å²) in [7, 11) is 1.82. The van der Waals surface area contributed by atoms with Gasteiger partial charge in [0.2, 0.25) is 5.95 Å². The molecule has 0 radical (unpaired) electrons. The standard InChI is InChI=1S/C15H24N4OS/c1-5-15(6-2,9-20)8-17-12-11-7-10(3)21-13(11)19-14(16-4)18-12/h7,20H,5-6,8-9H2,1-4H3,(H2,16,17,18,19). The van der Waals surface area contributed by atoms with E-state index >= 15 is 0 Å². The molecule has 0 atom stereocenters. The van der Waals surface area contributed by atoms with E-state index in [1.165, 1.54) is 4.88 Å². The molecule has 0 amide bonds. The summed E-state index contributed by atoms with van der Waals surface area (Å²) < 4.78 is 0. The molecule has 2 rings (SSSR count). The van der Waals surface area contributed by atoms with Crippen LogP contribution in [-0.4, -0.2) is 35.3 Å². The first-order chi connectivity index (χ1) is 10.1. The molecule has 3 N–H and O–H groups in total. The lowest BCUT2D eigenvalue weighted by Crippen LogP contribution is -2.32. The molecule has 0 bridgehead atoms. The van der Waals surface area contributed by atoms with E-state index in [0.717, 1.165) is 28.9 Å². The van der Waals surface area contributed by atoms with Gasteiger partial charge in [-0.2, -0.15) is 4.98 Å². The van der Waals surface area contributed by atoms with E-state index in [1.807, 2.05) is 7.05 Å². The number of rotatable bonds is 7. The van der Waals surface area contributed by atoms with Crippen molar-refractivity contribution in [3.8, 4) is 0 Å². The molecule has 0 spiro atoms. The highest BCUT2D eigenvalue weighted by Crippen LogP contribution is 2.31. The van der Waals surface area contributed by atoms with E-state index in [0.29, 0.717) is 12.5 Å². The van der Waals surface area contributed by atoms with Crippen molar-refractivity contribution in [1.29, 1.82) is 0 Å². The van der Waals surface area contributed by atoms with Crippen LogP contribution < -0.4 is 10.6 Å². The fourth-order valence-corrected chi connectivity index (χ4v) is 3.22. The zero-order valence-electron chi connectivity index (χ0n) is 13.2. The van der Waals surface area contributed by atoms with Gasteiger partial charge in [-0.25, -0.2) is 4.98 Å². The van der Waals surface area contributed by atoms with Crippen LogP contribution in [0.1, 0.15) is 31.6 Å². The van der Waals surface area contributed by atoms with Crippen LogP contribution >= 0.6 is 11.3 Å². The number of aromatic nitrogens is 2. The molecule has 2 aromatic heterocycles. The number of anilines is 2. The molecule has 0 fully saturated rings. The van der Waals surface area contributed by atoms with Gasteiger partial charge in [0.25, 0.3) is 0 Å². The third-order valence-corrected chi connectivity index (χ3v) is 5.15. The number of aliphatic hydroxyl groups excluding tert-OH is 1. The number of aryl methyl sites for hydroxylation is 1. The van der Waals surface area contributed by atoms with Gasteiger partial charge in [0.05, 0.1) is 12.0 Å². The third kappa shape index (κ3) is 3.27. The van der Waals surface area contributed by atoms with Crippen molar-refractivity contribution in [2.45, 2.75) is 33.6 Å². The van der Waals surface area contributed by atoms with Crippen molar-refractivity contribution in [2.24, 2.45) is 5.41 Å². The monoisotopic (exact) mass is 308 g/mol. The van der Waals surface area contributed by atoms with Crippen molar-refractivity contribution in [2.75, 3.05) is 30.8 Å². The third-order valence-electron chi connectivity index (χ3n) is 4.21. The predicted molar refractivity (Wildman–Crippen MR) is 90.3 cm³/mol. The molecule has 21 heavy (non-hydrogen) atoms. The van der Waals surface area contributed by atoms with Gasteiger partial charge >= 0.3 is 0 Å². The molecule has 0 aliphatic carbocycles. The Balaban J connectivity index is 2.32. The summed E-state index contributed by atoms with van der Waals surface area (Å²) in [5.41, 5.74) is -0.0951. The second kappa shape index (κ2) is 6.58. The summed E-state index contributed by atoms with van der Waals surface area (Å²) in [6.45, 7) is 7.20. The van der Waals surface area contributed by atoms with Crippen molar-refractivity contribution < 1.29 is 5.11 Å². The number of nitrogens with zero attached hydrogens (tertiary/aromatic N) is 2. The topological polar surface area (TPSA) is 70.1 Å². The quantitative estimate of drug-likeness (QED) is 0.732. The van der Waals surface area contributed by atoms with Crippen LogP contribution in [0.15, 0.2) is 6.07 Å². The minimum atomic E-state index is -0.0951. The van der Waals surface area contributed by atoms with E-state index < -0.39 is 0 Å². The van der Waals surface area contributed by atoms with Gasteiger partial charge in [0.1, 0.15) is 10.6 Å². The van der Waals surface area contributed by atoms with Gasteiger partial charge in [-0.05, 0) is 25.8 Å². The molecule has 5 nitrogen and oxygen atoms in total. The van der Waals surface area contributed by atoms with E-state index in [9.17, 15) is 5.11 Å². The fraction of sp³-hybridized carbons (Fsp3) is 0.600.